The van der Waals surface area contributed by atoms with Crippen LogP contribution >= 0.6 is 0 Å². The predicted octanol–water partition coefficient (Wildman–Crippen LogP) is 3.72. The molecule has 9 heteroatoms. The lowest BCUT2D eigenvalue weighted by molar-refractivity contribution is -0.130. The molecule has 1 unspecified atom stereocenters. The number of amides is 3. The molecule has 0 saturated carbocycles. The average molecular weight is 558 g/mol. The highest BCUT2D eigenvalue weighted by Crippen LogP contribution is 2.20. The average Bonchev–Trinajstić information content (AvgIpc) is 2.89. The van der Waals surface area contributed by atoms with Crippen molar-refractivity contribution in [1.82, 2.24) is 16.0 Å². The largest absolute Gasteiger partial charge is 0.409 e. The molecule has 0 aliphatic carbocycles. The van der Waals surface area contributed by atoms with E-state index in [2.05, 4.69) is 16.0 Å². The van der Waals surface area contributed by atoms with Crippen LogP contribution in [0.25, 0.3) is 10.8 Å². The van der Waals surface area contributed by atoms with Crippen LogP contribution in [0.15, 0.2) is 42.5 Å². The van der Waals surface area contributed by atoms with Crippen molar-refractivity contribution >= 4 is 37.1 Å². The van der Waals surface area contributed by atoms with Gasteiger partial charge < -0.3 is 25.5 Å². The van der Waals surface area contributed by atoms with Gasteiger partial charge in [-0.2, -0.15) is 0 Å². The molecule has 3 atom stereocenters. The third kappa shape index (κ3) is 10.7. The number of fused-ring (bicyclic) bond motifs is 1. The lowest BCUT2D eigenvalue weighted by Crippen LogP contribution is -2.62. The van der Waals surface area contributed by atoms with Crippen LogP contribution in [-0.2, 0) is 20.8 Å². The van der Waals surface area contributed by atoms with E-state index in [0.717, 1.165) is 29.2 Å². The molecule has 39 heavy (non-hydrogen) atoms. The molecule has 2 rings (SSSR count). The first-order chi connectivity index (χ1) is 18.5. The maximum Gasteiger partial charge on any atom is 0.356 e. The molecular formula is C30H47N3O5Si. The summed E-state index contributed by atoms with van der Waals surface area (Å²) in [5.41, 5.74) is -0.0149. The summed E-state index contributed by atoms with van der Waals surface area (Å²) >= 11 is 0. The number of nitrogens with one attached hydrogen (secondary N) is 3. The maximum atomic E-state index is 13.5. The first-order valence-corrected chi connectivity index (χ1v) is 16.4. The molecule has 0 bridgehead atoms. The highest BCUT2D eigenvalue weighted by molar-refractivity contribution is 6.66. The summed E-state index contributed by atoms with van der Waals surface area (Å²) in [6, 6.07) is 12.9. The van der Waals surface area contributed by atoms with Crippen molar-refractivity contribution in [2.45, 2.75) is 90.9 Å². The molecule has 0 saturated heterocycles. The minimum Gasteiger partial charge on any atom is -0.409 e. The molecule has 0 fully saturated rings. The van der Waals surface area contributed by atoms with Gasteiger partial charge in [0.2, 0.25) is 17.7 Å². The SMILES string of the molecule is CCCCNC(=O)CC[Si](O)(O)[C@H](CC(C)C)NC(=O)[C@@H](NC(=O)Cc1ccc2ccccc2c1)C(C)CC. The van der Waals surface area contributed by atoms with Gasteiger partial charge in [-0.15, -0.1) is 0 Å². The Kier molecular flexibility index (Phi) is 13.1. The Balaban J connectivity index is 2.09. The van der Waals surface area contributed by atoms with Crippen molar-refractivity contribution in [2.75, 3.05) is 6.54 Å². The van der Waals surface area contributed by atoms with Crippen molar-refractivity contribution in [3.8, 4) is 0 Å². The van der Waals surface area contributed by atoms with Crippen molar-refractivity contribution < 1.29 is 24.0 Å². The molecule has 0 aliphatic heterocycles. The molecule has 8 nitrogen and oxygen atoms in total. The standard InChI is InChI=1S/C30H47N3O5Si/c1-6-8-16-31-26(34)15-17-39(37,38)28(18-21(3)4)33-30(36)29(22(5)7-2)32-27(35)20-23-13-14-24-11-9-10-12-25(24)19-23/h9-14,19,21-22,28-29,37-38H,6-8,15-18,20H2,1-5H3,(H,31,34)(H,32,35)(H,33,36)/t22?,28-,29+/m1/s1. The fraction of sp³-hybridized carbons (Fsp3) is 0.567. The van der Waals surface area contributed by atoms with E-state index in [1.54, 1.807) is 0 Å². The van der Waals surface area contributed by atoms with Crippen LogP contribution in [0.4, 0.5) is 0 Å². The van der Waals surface area contributed by atoms with Gasteiger partial charge in [0.1, 0.15) is 6.04 Å². The van der Waals surface area contributed by atoms with Gasteiger partial charge in [0.05, 0.1) is 12.1 Å². The zero-order valence-electron chi connectivity index (χ0n) is 24.1. The molecule has 2 aromatic carbocycles. The number of carbonyl (C=O) groups excluding carboxylic acids is 3. The van der Waals surface area contributed by atoms with Crippen LogP contribution in [0.2, 0.25) is 6.04 Å². The molecule has 5 N–H and O–H groups in total. The van der Waals surface area contributed by atoms with Gasteiger partial charge in [-0.05, 0) is 41.0 Å². The summed E-state index contributed by atoms with van der Waals surface area (Å²) < 4.78 is 0. The van der Waals surface area contributed by atoms with Crippen molar-refractivity contribution in [1.29, 1.82) is 0 Å². The molecule has 0 aliphatic rings. The van der Waals surface area contributed by atoms with Crippen LogP contribution in [-0.4, -0.2) is 54.1 Å². The van der Waals surface area contributed by atoms with Crippen LogP contribution in [0.1, 0.15) is 72.3 Å². The van der Waals surface area contributed by atoms with Crippen LogP contribution in [0.5, 0.6) is 0 Å². The molecule has 0 heterocycles. The fourth-order valence-corrected chi connectivity index (χ4v) is 6.69. The summed E-state index contributed by atoms with van der Waals surface area (Å²) in [5, 5.41) is 10.7. The summed E-state index contributed by atoms with van der Waals surface area (Å²) in [6.07, 6.45) is 2.96. The van der Waals surface area contributed by atoms with E-state index in [0.29, 0.717) is 19.4 Å². The Labute approximate surface area is 234 Å². The van der Waals surface area contributed by atoms with Crippen LogP contribution in [0.3, 0.4) is 0 Å². The number of hydrogen-bond donors (Lipinski definition) is 5. The highest BCUT2D eigenvalue weighted by atomic mass is 28.4. The van der Waals surface area contributed by atoms with E-state index in [9.17, 15) is 24.0 Å². The Bertz CT molecular complexity index is 1090. The molecule has 3 amide bonds. The Hall–Kier alpha value is -2.75. The van der Waals surface area contributed by atoms with E-state index in [-0.39, 0.29) is 42.5 Å². The fourth-order valence-electron chi connectivity index (χ4n) is 4.52. The smallest absolute Gasteiger partial charge is 0.356 e. The van der Waals surface area contributed by atoms with E-state index < -0.39 is 26.2 Å². The van der Waals surface area contributed by atoms with E-state index in [1.807, 2.05) is 77.1 Å². The molecular weight excluding hydrogens is 510 g/mol. The second-order valence-electron chi connectivity index (χ2n) is 11.1. The maximum absolute atomic E-state index is 13.5. The second-order valence-corrected chi connectivity index (χ2v) is 14.0. The first-order valence-electron chi connectivity index (χ1n) is 14.3. The van der Waals surface area contributed by atoms with Gasteiger partial charge in [-0.25, -0.2) is 0 Å². The zero-order chi connectivity index (χ0) is 29.0. The monoisotopic (exact) mass is 557 g/mol. The number of rotatable bonds is 16. The van der Waals surface area contributed by atoms with Crippen molar-refractivity contribution in [2.24, 2.45) is 11.8 Å². The van der Waals surface area contributed by atoms with E-state index in [4.69, 9.17) is 0 Å². The number of hydrogen-bond acceptors (Lipinski definition) is 5. The van der Waals surface area contributed by atoms with Gasteiger partial charge in [-0.3, -0.25) is 14.4 Å². The minimum absolute atomic E-state index is 0.00924. The van der Waals surface area contributed by atoms with Gasteiger partial charge >= 0.3 is 8.56 Å². The van der Waals surface area contributed by atoms with Gasteiger partial charge in [0.25, 0.3) is 0 Å². The minimum atomic E-state index is -3.99. The summed E-state index contributed by atoms with van der Waals surface area (Å²) in [7, 11) is -3.99. The predicted molar refractivity (Wildman–Crippen MR) is 158 cm³/mol. The molecule has 0 spiro atoms. The summed E-state index contributed by atoms with van der Waals surface area (Å²) in [4.78, 5) is 60.7. The quantitative estimate of drug-likeness (QED) is 0.159. The Morgan fingerprint density at radius 2 is 1.62 bits per heavy atom. The topological polar surface area (TPSA) is 128 Å². The third-order valence-corrected chi connectivity index (χ3v) is 9.63. The van der Waals surface area contributed by atoms with Gasteiger partial charge in [0, 0.05) is 19.0 Å². The molecule has 0 radical (unpaired) electrons. The van der Waals surface area contributed by atoms with Crippen LogP contribution in [0, 0.1) is 11.8 Å². The number of benzene rings is 2. The van der Waals surface area contributed by atoms with E-state index in [1.165, 1.54) is 0 Å². The Morgan fingerprint density at radius 1 is 0.923 bits per heavy atom. The van der Waals surface area contributed by atoms with Crippen LogP contribution < -0.4 is 16.0 Å². The lowest BCUT2D eigenvalue weighted by atomic mass is 9.97. The first kappa shape index (κ1) is 32.5. The molecule has 216 valence electrons. The Morgan fingerprint density at radius 3 is 2.26 bits per heavy atom. The number of unbranched alkanes of at least 4 members (excludes halogenated alkanes) is 1. The second kappa shape index (κ2) is 15.7. The van der Waals surface area contributed by atoms with Gasteiger partial charge in [0.15, 0.2) is 0 Å². The van der Waals surface area contributed by atoms with Crippen molar-refractivity contribution in [3.63, 3.8) is 0 Å². The summed E-state index contributed by atoms with van der Waals surface area (Å²) in [5.74, 6) is -1.01. The highest BCUT2D eigenvalue weighted by Gasteiger charge is 2.42. The number of carbonyl (C=O) groups is 3. The normalized spacial score (nSPS) is 14.1. The molecule has 0 aromatic heterocycles. The zero-order valence-corrected chi connectivity index (χ0v) is 25.1. The lowest BCUT2D eigenvalue weighted by Gasteiger charge is -2.33. The van der Waals surface area contributed by atoms with Crippen molar-refractivity contribution in [3.05, 3.63) is 48.0 Å². The molecule has 2 aromatic rings. The summed E-state index contributed by atoms with van der Waals surface area (Å²) in [6.45, 7) is 10.3. The third-order valence-electron chi connectivity index (χ3n) is 7.14. The van der Waals surface area contributed by atoms with E-state index >= 15 is 0 Å². The van der Waals surface area contributed by atoms with Gasteiger partial charge in [-0.1, -0.05) is 89.9 Å².